The van der Waals surface area contributed by atoms with Crippen LogP contribution >= 0.6 is 0 Å². The maximum Gasteiger partial charge on any atom is 0.331 e. The highest BCUT2D eigenvalue weighted by atomic mass is 16.5. The van der Waals surface area contributed by atoms with Crippen LogP contribution in [0.1, 0.15) is 34.5 Å². The molecular formula is C24H25NO6. The average Bonchev–Trinajstić information content (AvgIpc) is 3.13. The average molecular weight is 423 g/mol. The van der Waals surface area contributed by atoms with Gasteiger partial charge in [-0.05, 0) is 30.7 Å². The summed E-state index contributed by atoms with van der Waals surface area (Å²) in [6, 6.07) is 15.2. The summed E-state index contributed by atoms with van der Waals surface area (Å²) >= 11 is 0. The number of methoxy groups -OCH3 is 1. The van der Waals surface area contributed by atoms with Crippen molar-refractivity contribution in [1.29, 1.82) is 0 Å². The third-order valence-corrected chi connectivity index (χ3v) is 5.59. The van der Waals surface area contributed by atoms with E-state index in [4.69, 9.17) is 18.6 Å². The van der Waals surface area contributed by atoms with Gasteiger partial charge in [0.1, 0.15) is 29.2 Å². The molecule has 162 valence electrons. The number of amides is 1. The highest BCUT2D eigenvalue weighted by Gasteiger charge is 2.43. The molecule has 7 heteroatoms. The van der Waals surface area contributed by atoms with Gasteiger partial charge in [-0.3, -0.25) is 4.79 Å². The number of hydrogen-bond acceptors (Lipinski definition) is 6. The molecule has 1 fully saturated rings. The van der Waals surface area contributed by atoms with Crippen LogP contribution in [-0.2, 0) is 20.9 Å². The fraction of sp³-hybridized carbons (Fsp3) is 0.333. The molecule has 1 saturated heterocycles. The standard InChI is InChI=1S/C24H25NO6/c1-16-21(22(26)25-24(23(27)28-2)10-12-29-13-11-24)19-14-18(8-9-20(19)31-16)30-15-17-6-4-3-5-7-17/h3-9,14H,10-13,15H2,1-2H3,(H,25,26). The molecule has 1 aromatic heterocycles. The molecule has 4 rings (SSSR count). The lowest BCUT2D eigenvalue weighted by atomic mass is 9.89. The van der Waals surface area contributed by atoms with Crippen LogP contribution in [0.2, 0.25) is 0 Å². The smallest absolute Gasteiger partial charge is 0.331 e. The largest absolute Gasteiger partial charge is 0.489 e. The van der Waals surface area contributed by atoms with Crippen LogP contribution in [0.4, 0.5) is 0 Å². The first-order valence-electron chi connectivity index (χ1n) is 10.2. The van der Waals surface area contributed by atoms with E-state index in [1.54, 1.807) is 19.1 Å². The zero-order chi connectivity index (χ0) is 21.8. The minimum absolute atomic E-state index is 0.353. The van der Waals surface area contributed by atoms with Gasteiger partial charge in [-0.25, -0.2) is 4.79 Å². The Morgan fingerprint density at radius 2 is 1.84 bits per heavy atom. The molecule has 1 aliphatic heterocycles. The molecule has 0 unspecified atom stereocenters. The van der Waals surface area contributed by atoms with Crippen LogP contribution in [0.25, 0.3) is 11.0 Å². The molecule has 31 heavy (non-hydrogen) atoms. The van der Waals surface area contributed by atoms with Crippen molar-refractivity contribution in [3.05, 3.63) is 65.4 Å². The van der Waals surface area contributed by atoms with Crippen molar-refractivity contribution in [2.75, 3.05) is 20.3 Å². The normalized spacial score (nSPS) is 15.4. The molecule has 0 atom stereocenters. The number of benzene rings is 2. The number of nitrogens with one attached hydrogen (secondary N) is 1. The molecule has 0 aliphatic carbocycles. The number of ether oxygens (including phenoxy) is 3. The van der Waals surface area contributed by atoms with Crippen molar-refractivity contribution < 1.29 is 28.2 Å². The number of hydrogen-bond donors (Lipinski definition) is 1. The Balaban J connectivity index is 1.60. The summed E-state index contributed by atoms with van der Waals surface area (Å²) in [6.45, 7) is 2.89. The highest BCUT2D eigenvalue weighted by Crippen LogP contribution is 2.31. The second-order valence-corrected chi connectivity index (χ2v) is 7.61. The lowest BCUT2D eigenvalue weighted by Crippen LogP contribution is -2.58. The minimum atomic E-state index is -1.11. The molecule has 0 bridgehead atoms. The number of aryl methyl sites for hydroxylation is 1. The summed E-state index contributed by atoms with van der Waals surface area (Å²) in [7, 11) is 1.32. The predicted molar refractivity (Wildman–Crippen MR) is 114 cm³/mol. The second-order valence-electron chi connectivity index (χ2n) is 7.61. The van der Waals surface area contributed by atoms with Crippen LogP contribution in [0.5, 0.6) is 5.75 Å². The van der Waals surface area contributed by atoms with Gasteiger partial charge in [0.2, 0.25) is 0 Å². The fourth-order valence-electron chi connectivity index (χ4n) is 3.89. The van der Waals surface area contributed by atoms with E-state index < -0.39 is 11.5 Å². The van der Waals surface area contributed by atoms with Crippen LogP contribution in [-0.4, -0.2) is 37.7 Å². The molecular weight excluding hydrogens is 398 g/mol. The zero-order valence-corrected chi connectivity index (χ0v) is 17.6. The van der Waals surface area contributed by atoms with E-state index >= 15 is 0 Å². The number of rotatable bonds is 6. The Labute approximate surface area is 180 Å². The lowest BCUT2D eigenvalue weighted by molar-refractivity contribution is -0.152. The van der Waals surface area contributed by atoms with Crippen LogP contribution in [0.3, 0.4) is 0 Å². The minimum Gasteiger partial charge on any atom is -0.489 e. The third-order valence-electron chi connectivity index (χ3n) is 5.59. The molecule has 7 nitrogen and oxygen atoms in total. The molecule has 1 aliphatic rings. The van der Waals surface area contributed by atoms with Gasteiger partial charge in [-0.15, -0.1) is 0 Å². The van der Waals surface area contributed by atoms with E-state index in [1.165, 1.54) is 7.11 Å². The summed E-state index contributed by atoms with van der Waals surface area (Å²) < 4.78 is 22.0. The Kier molecular flexibility index (Phi) is 5.95. The van der Waals surface area contributed by atoms with Gasteiger partial charge in [0, 0.05) is 31.4 Å². The molecule has 1 N–H and O–H groups in total. The van der Waals surface area contributed by atoms with Gasteiger partial charge in [0.25, 0.3) is 5.91 Å². The van der Waals surface area contributed by atoms with Crippen molar-refractivity contribution in [2.24, 2.45) is 0 Å². The summed E-state index contributed by atoms with van der Waals surface area (Å²) in [4.78, 5) is 25.7. The predicted octanol–water partition coefficient (Wildman–Crippen LogP) is 3.77. The molecule has 1 amide bonds. The van der Waals surface area contributed by atoms with Crippen molar-refractivity contribution in [1.82, 2.24) is 5.32 Å². The quantitative estimate of drug-likeness (QED) is 0.608. The molecule has 0 spiro atoms. The van der Waals surface area contributed by atoms with Gasteiger partial charge in [0.15, 0.2) is 0 Å². The van der Waals surface area contributed by atoms with Crippen molar-refractivity contribution in [2.45, 2.75) is 31.9 Å². The van der Waals surface area contributed by atoms with Gasteiger partial charge < -0.3 is 23.9 Å². The van der Waals surface area contributed by atoms with Gasteiger partial charge in [-0.2, -0.15) is 0 Å². The maximum absolute atomic E-state index is 13.3. The number of carbonyl (C=O) groups is 2. The van der Waals surface area contributed by atoms with E-state index in [1.807, 2.05) is 36.4 Å². The fourth-order valence-corrected chi connectivity index (χ4v) is 3.89. The number of esters is 1. The van der Waals surface area contributed by atoms with Crippen LogP contribution in [0, 0.1) is 6.92 Å². The Morgan fingerprint density at radius 1 is 1.10 bits per heavy atom. The zero-order valence-electron chi connectivity index (χ0n) is 17.6. The third kappa shape index (κ3) is 4.27. The van der Waals surface area contributed by atoms with E-state index in [0.29, 0.717) is 60.7 Å². The van der Waals surface area contributed by atoms with Crippen LogP contribution in [0.15, 0.2) is 52.9 Å². The first-order valence-corrected chi connectivity index (χ1v) is 10.2. The van der Waals surface area contributed by atoms with E-state index in [0.717, 1.165) is 5.56 Å². The van der Waals surface area contributed by atoms with E-state index in [2.05, 4.69) is 5.32 Å². The number of furan rings is 1. The van der Waals surface area contributed by atoms with Gasteiger partial charge in [0.05, 0.1) is 12.7 Å². The first kappa shape index (κ1) is 20.9. The van der Waals surface area contributed by atoms with E-state index in [9.17, 15) is 9.59 Å². The summed E-state index contributed by atoms with van der Waals surface area (Å²) in [5, 5.41) is 3.53. The molecule has 3 aromatic rings. The van der Waals surface area contributed by atoms with Gasteiger partial charge in [-0.1, -0.05) is 30.3 Å². The van der Waals surface area contributed by atoms with Crippen molar-refractivity contribution in [3.63, 3.8) is 0 Å². The monoisotopic (exact) mass is 423 g/mol. The van der Waals surface area contributed by atoms with Crippen LogP contribution < -0.4 is 10.1 Å². The number of carbonyl (C=O) groups excluding carboxylic acids is 2. The maximum atomic E-state index is 13.3. The molecule has 2 heterocycles. The molecule has 0 radical (unpaired) electrons. The van der Waals surface area contributed by atoms with Gasteiger partial charge >= 0.3 is 5.97 Å². The number of fused-ring (bicyclic) bond motifs is 1. The van der Waals surface area contributed by atoms with Crippen molar-refractivity contribution in [3.8, 4) is 5.75 Å². The van der Waals surface area contributed by atoms with Crippen molar-refractivity contribution >= 4 is 22.8 Å². The Morgan fingerprint density at radius 3 is 2.55 bits per heavy atom. The first-order chi connectivity index (χ1) is 15.0. The molecule has 0 saturated carbocycles. The van der Waals surface area contributed by atoms with E-state index in [-0.39, 0.29) is 5.91 Å². The summed E-state index contributed by atoms with van der Waals surface area (Å²) in [5.41, 5.74) is 0.897. The lowest BCUT2D eigenvalue weighted by Gasteiger charge is -2.35. The second kappa shape index (κ2) is 8.81. The Hall–Kier alpha value is -3.32. The highest BCUT2D eigenvalue weighted by molar-refractivity contribution is 6.09. The summed E-state index contributed by atoms with van der Waals surface area (Å²) in [6.07, 6.45) is 0.706. The Bertz CT molecular complexity index is 1080. The SMILES string of the molecule is COC(=O)C1(NC(=O)c2c(C)oc3ccc(OCc4ccccc4)cc23)CCOCC1. The topological polar surface area (TPSA) is 87.0 Å². The molecule has 2 aromatic carbocycles. The summed E-state index contributed by atoms with van der Waals surface area (Å²) in [5.74, 6) is 0.241.